The highest BCUT2D eigenvalue weighted by molar-refractivity contribution is 8.28. The third-order valence-corrected chi connectivity index (χ3v) is 2.92. The highest BCUT2D eigenvalue weighted by Crippen LogP contribution is 2.25. The van der Waals surface area contributed by atoms with E-state index in [-0.39, 0.29) is 0 Å². The third kappa shape index (κ3) is 1.67. The molecule has 0 amide bonds. The lowest BCUT2D eigenvalue weighted by Gasteiger charge is -2.11. The van der Waals surface area contributed by atoms with Gasteiger partial charge in [-0.15, -0.1) is 0 Å². The van der Waals surface area contributed by atoms with E-state index in [1.54, 1.807) is 16.7 Å². The molecule has 0 saturated heterocycles. The molecule has 1 aliphatic rings. The lowest BCUT2D eigenvalue weighted by molar-refractivity contribution is 0.627. The van der Waals surface area contributed by atoms with Gasteiger partial charge in [-0.25, -0.2) is 4.40 Å². The predicted octanol–water partition coefficient (Wildman–Crippen LogP) is 1.28. The molecule has 0 aromatic carbocycles. The Morgan fingerprint density at radius 2 is 2.40 bits per heavy atom. The van der Waals surface area contributed by atoms with E-state index in [2.05, 4.69) is 4.40 Å². The predicted molar refractivity (Wildman–Crippen MR) is 48.9 cm³/mol. The minimum absolute atomic E-state index is 0.509. The molecule has 0 aliphatic carbocycles. The Bertz CT molecular complexity index is 176. The van der Waals surface area contributed by atoms with E-state index in [9.17, 15) is 0 Å². The molecule has 0 spiro atoms. The van der Waals surface area contributed by atoms with Gasteiger partial charge in [0, 0.05) is 14.1 Å². The lowest BCUT2D eigenvalue weighted by Crippen LogP contribution is -2.26. The molecule has 0 unspecified atom stereocenters. The zero-order chi connectivity index (χ0) is 7.56. The second-order valence-electron chi connectivity index (χ2n) is 2.03. The maximum Gasteiger partial charge on any atom is 0.154 e. The van der Waals surface area contributed by atoms with E-state index >= 15 is 0 Å². The summed E-state index contributed by atoms with van der Waals surface area (Å²) in [5.41, 5.74) is 0. The lowest BCUT2D eigenvalue weighted by atomic mass is 10.6. The van der Waals surface area contributed by atoms with Crippen molar-refractivity contribution in [3.8, 4) is 0 Å². The van der Waals surface area contributed by atoms with E-state index in [1.165, 1.54) is 11.9 Å². The van der Waals surface area contributed by atoms with Crippen LogP contribution >= 0.6 is 23.7 Å². The molecule has 0 atom stereocenters. The first-order chi connectivity index (χ1) is 4.72. The molecule has 0 aromatic rings. The van der Waals surface area contributed by atoms with Gasteiger partial charge < -0.3 is 4.90 Å². The second kappa shape index (κ2) is 3.30. The maximum absolute atomic E-state index is 7.50. The van der Waals surface area contributed by atoms with Gasteiger partial charge in [0.1, 0.15) is 5.04 Å². The van der Waals surface area contributed by atoms with Gasteiger partial charge in [0.25, 0.3) is 0 Å². The maximum atomic E-state index is 7.50. The monoisotopic (exact) mass is 175 g/mol. The average Bonchev–Trinajstić information content (AvgIpc) is 2.36. The van der Waals surface area contributed by atoms with Crippen molar-refractivity contribution in [2.24, 2.45) is 4.40 Å². The molecule has 0 saturated carbocycles. The molecule has 0 radical (unpaired) electrons. The van der Waals surface area contributed by atoms with E-state index in [0.717, 1.165) is 10.1 Å². The summed E-state index contributed by atoms with van der Waals surface area (Å²) in [6.45, 7) is 0. The van der Waals surface area contributed by atoms with Crippen LogP contribution in [-0.2, 0) is 0 Å². The number of hydrogen-bond acceptors (Lipinski definition) is 4. The van der Waals surface area contributed by atoms with Gasteiger partial charge in [0.15, 0.2) is 5.84 Å². The van der Waals surface area contributed by atoms with Gasteiger partial charge in [-0.2, -0.15) is 0 Å². The standard InChI is InChI=1S/C5H9N3S2/c1-8(2)4(6)5-7-10-3-9-5/h6H,3H2,1-2H3. The fourth-order valence-corrected chi connectivity index (χ4v) is 2.26. The molecular weight excluding hydrogens is 166 g/mol. The molecule has 0 aromatic heterocycles. The zero-order valence-electron chi connectivity index (χ0n) is 5.92. The highest BCUT2D eigenvalue weighted by Gasteiger charge is 2.14. The molecule has 0 bridgehead atoms. The number of thioether (sulfide) groups is 1. The van der Waals surface area contributed by atoms with Crippen LogP contribution < -0.4 is 0 Å². The summed E-state index contributed by atoms with van der Waals surface area (Å²) in [7, 11) is 3.71. The van der Waals surface area contributed by atoms with Crippen molar-refractivity contribution in [1.82, 2.24) is 4.90 Å². The molecule has 3 nitrogen and oxygen atoms in total. The molecule has 10 heavy (non-hydrogen) atoms. The van der Waals surface area contributed by atoms with Gasteiger partial charge in [0.05, 0.1) is 5.08 Å². The quantitative estimate of drug-likeness (QED) is 0.371. The van der Waals surface area contributed by atoms with Gasteiger partial charge >= 0.3 is 0 Å². The Balaban J connectivity index is 2.56. The number of nitrogens with one attached hydrogen (secondary N) is 1. The highest BCUT2D eigenvalue weighted by atomic mass is 32.2. The Morgan fingerprint density at radius 1 is 1.70 bits per heavy atom. The Kier molecular flexibility index (Phi) is 2.62. The van der Waals surface area contributed by atoms with Crippen LogP contribution in [0, 0.1) is 5.41 Å². The van der Waals surface area contributed by atoms with Gasteiger partial charge in [0.2, 0.25) is 0 Å². The number of amidine groups is 1. The summed E-state index contributed by atoms with van der Waals surface area (Å²) < 4.78 is 4.09. The van der Waals surface area contributed by atoms with Crippen LogP contribution in [0.3, 0.4) is 0 Å². The van der Waals surface area contributed by atoms with Crippen LogP contribution in [0.4, 0.5) is 0 Å². The first kappa shape index (κ1) is 7.94. The van der Waals surface area contributed by atoms with Crippen LogP contribution in [0.25, 0.3) is 0 Å². The van der Waals surface area contributed by atoms with Crippen LogP contribution in [-0.4, -0.2) is 35.0 Å². The van der Waals surface area contributed by atoms with Crippen molar-refractivity contribution in [2.75, 3.05) is 19.2 Å². The van der Waals surface area contributed by atoms with Crippen molar-refractivity contribution in [2.45, 2.75) is 0 Å². The molecular formula is C5H9N3S2. The minimum atomic E-state index is 0.509. The molecule has 1 N–H and O–H groups in total. The Morgan fingerprint density at radius 3 is 2.80 bits per heavy atom. The largest absolute Gasteiger partial charge is 0.361 e. The molecule has 1 aliphatic heterocycles. The first-order valence-electron chi connectivity index (χ1n) is 2.81. The Hall–Kier alpha value is -0.160. The fraction of sp³-hybridized carbons (Fsp3) is 0.600. The average molecular weight is 175 g/mol. The van der Waals surface area contributed by atoms with E-state index in [1.807, 2.05) is 14.1 Å². The van der Waals surface area contributed by atoms with Crippen LogP contribution in [0.5, 0.6) is 0 Å². The van der Waals surface area contributed by atoms with E-state index < -0.39 is 0 Å². The summed E-state index contributed by atoms with van der Waals surface area (Å²) in [5, 5.41) is 9.29. The smallest absolute Gasteiger partial charge is 0.154 e. The third-order valence-electron chi connectivity index (χ3n) is 1.05. The second-order valence-corrected chi connectivity index (χ2v) is 4.09. The van der Waals surface area contributed by atoms with Crippen molar-refractivity contribution < 1.29 is 0 Å². The van der Waals surface area contributed by atoms with Crippen LogP contribution in [0.2, 0.25) is 0 Å². The molecule has 56 valence electrons. The van der Waals surface area contributed by atoms with Crippen molar-refractivity contribution in [1.29, 1.82) is 5.41 Å². The van der Waals surface area contributed by atoms with Gasteiger partial charge in [-0.3, -0.25) is 5.41 Å². The fourth-order valence-electron chi connectivity index (χ4n) is 0.496. The van der Waals surface area contributed by atoms with Gasteiger partial charge in [-0.05, 0) is 11.9 Å². The Labute approximate surface area is 68.9 Å². The summed E-state index contributed by atoms with van der Waals surface area (Å²) in [6, 6.07) is 0. The molecule has 1 rings (SSSR count). The van der Waals surface area contributed by atoms with Crippen molar-refractivity contribution in [3.63, 3.8) is 0 Å². The number of nitrogens with zero attached hydrogens (tertiary/aromatic N) is 2. The molecule has 1 heterocycles. The first-order valence-corrected chi connectivity index (χ1v) is 4.73. The number of rotatable bonds is 1. The van der Waals surface area contributed by atoms with Crippen LogP contribution in [0.15, 0.2) is 4.40 Å². The van der Waals surface area contributed by atoms with E-state index in [4.69, 9.17) is 5.41 Å². The summed E-state index contributed by atoms with van der Waals surface area (Å²) in [4.78, 5) is 1.76. The number of hydrogen-bond donors (Lipinski definition) is 1. The summed E-state index contributed by atoms with van der Waals surface area (Å²) in [6.07, 6.45) is 0. The summed E-state index contributed by atoms with van der Waals surface area (Å²) in [5.74, 6) is 0.509. The normalized spacial score (nSPS) is 16.8. The van der Waals surface area contributed by atoms with Crippen molar-refractivity contribution >= 4 is 34.6 Å². The van der Waals surface area contributed by atoms with Gasteiger partial charge in [-0.1, -0.05) is 11.8 Å². The summed E-state index contributed by atoms with van der Waals surface area (Å²) >= 11 is 3.14. The molecule has 0 fully saturated rings. The zero-order valence-corrected chi connectivity index (χ0v) is 7.55. The SMILES string of the molecule is CN(C)C(=N)C1=NSCS1. The minimum Gasteiger partial charge on any atom is -0.361 e. The van der Waals surface area contributed by atoms with Crippen LogP contribution in [0.1, 0.15) is 0 Å². The topological polar surface area (TPSA) is 39.5 Å². The van der Waals surface area contributed by atoms with E-state index in [0.29, 0.717) is 5.84 Å². The molecule has 5 heteroatoms. The van der Waals surface area contributed by atoms with Crippen molar-refractivity contribution in [3.05, 3.63) is 0 Å².